The molecule has 5 nitrogen and oxygen atoms in total. The van der Waals surface area contributed by atoms with E-state index in [9.17, 15) is 0 Å². The maximum Gasteiger partial charge on any atom is 0.110 e. The zero-order valence-electron chi connectivity index (χ0n) is 12.0. The van der Waals surface area contributed by atoms with Gasteiger partial charge in [-0.15, -0.1) is 0 Å². The molecule has 19 heavy (non-hydrogen) atoms. The van der Waals surface area contributed by atoms with E-state index in [2.05, 4.69) is 46.1 Å². The number of nitrogens with one attached hydrogen (secondary N) is 1. The third-order valence-electron chi connectivity index (χ3n) is 3.32. The van der Waals surface area contributed by atoms with Crippen LogP contribution in [0.15, 0.2) is 24.7 Å². The maximum absolute atomic E-state index is 4.49. The molecule has 104 valence electrons. The SMILES string of the molecule is CCCn1ccnc1CC(NCC)c1ccnn1C. The van der Waals surface area contributed by atoms with Gasteiger partial charge >= 0.3 is 0 Å². The summed E-state index contributed by atoms with van der Waals surface area (Å²) in [7, 11) is 1.98. The van der Waals surface area contributed by atoms with E-state index in [1.54, 1.807) is 0 Å². The van der Waals surface area contributed by atoms with Crippen molar-refractivity contribution in [3.05, 3.63) is 36.2 Å². The molecule has 0 bridgehead atoms. The fourth-order valence-electron chi connectivity index (χ4n) is 2.41. The van der Waals surface area contributed by atoms with Crippen LogP contribution in [0.1, 0.15) is 37.8 Å². The molecule has 0 aliphatic heterocycles. The van der Waals surface area contributed by atoms with Gasteiger partial charge in [-0.3, -0.25) is 4.68 Å². The largest absolute Gasteiger partial charge is 0.335 e. The van der Waals surface area contributed by atoms with Crippen LogP contribution >= 0.6 is 0 Å². The molecule has 2 rings (SSSR count). The molecule has 0 spiro atoms. The monoisotopic (exact) mass is 261 g/mol. The van der Waals surface area contributed by atoms with Crippen molar-refractivity contribution in [1.82, 2.24) is 24.6 Å². The number of hydrogen-bond acceptors (Lipinski definition) is 3. The van der Waals surface area contributed by atoms with Crippen molar-refractivity contribution < 1.29 is 0 Å². The summed E-state index contributed by atoms with van der Waals surface area (Å²) in [5.41, 5.74) is 1.20. The lowest BCUT2D eigenvalue weighted by Gasteiger charge is -2.18. The highest BCUT2D eigenvalue weighted by Crippen LogP contribution is 2.17. The first-order chi connectivity index (χ1) is 9.26. The Morgan fingerprint density at radius 1 is 1.32 bits per heavy atom. The fraction of sp³-hybridized carbons (Fsp3) is 0.571. The van der Waals surface area contributed by atoms with E-state index in [-0.39, 0.29) is 6.04 Å². The van der Waals surface area contributed by atoms with Gasteiger partial charge in [0.2, 0.25) is 0 Å². The highest BCUT2D eigenvalue weighted by atomic mass is 15.3. The summed E-state index contributed by atoms with van der Waals surface area (Å²) in [6.07, 6.45) is 7.81. The molecule has 1 N–H and O–H groups in total. The van der Waals surface area contributed by atoms with E-state index >= 15 is 0 Å². The summed E-state index contributed by atoms with van der Waals surface area (Å²) in [5, 5.41) is 7.78. The molecular formula is C14H23N5. The maximum atomic E-state index is 4.49. The lowest BCUT2D eigenvalue weighted by Crippen LogP contribution is -2.26. The Bertz CT molecular complexity index is 499. The van der Waals surface area contributed by atoms with Crippen LogP contribution in [-0.2, 0) is 20.0 Å². The van der Waals surface area contributed by atoms with Crippen LogP contribution < -0.4 is 5.32 Å². The van der Waals surface area contributed by atoms with Crippen LogP contribution in [0, 0.1) is 0 Å². The van der Waals surface area contributed by atoms with Crippen molar-refractivity contribution in [3.63, 3.8) is 0 Å². The number of nitrogens with zero attached hydrogens (tertiary/aromatic N) is 4. The first kappa shape index (κ1) is 13.8. The van der Waals surface area contributed by atoms with Gasteiger partial charge in [0.25, 0.3) is 0 Å². The van der Waals surface area contributed by atoms with Gasteiger partial charge in [0.1, 0.15) is 5.82 Å². The molecule has 0 amide bonds. The number of rotatable bonds is 7. The van der Waals surface area contributed by atoms with Gasteiger partial charge in [-0.05, 0) is 19.0 Å². The Morgan fingerprint density at radius 3 is 2.79 bits per heavy atom. The smallest absolute Gasteiger partial charge is 0.110 e. The van der Waals surface area contributed by atoms with E-state index in [0.717, 1.165) is 31.8 Å². The van der Waals surface area contributed by atoms with Gasteiger partial charge in [-0.1, -0.05) is 13.8 Å². The van der Waals surface area contributed by atoms with E-state index in [0.29, 0.717) is 0 Å². The van der Waals surface area contributed by atoms with Crippen molar-refractivity contribution in [3.8, 4) is 0 Å². The van der Waals surface area contributed by atoms with Crippen LogP contribution in [0.4, 0.5) is 0 Å². The van der Waals surface area contributed by atoms with Crippen LogP contribution in [0.5, 0.6) is 0 Å². The topological polar surface area (TPSA) is 47.7 Å². The molecule has 0 aliphatic rings. The van der Waals surface area contributed by atoms with Crippen molar-refractivity contribution in [1.29, 1.82) is 0 Å². The van der Waals surface area contributed by atoms with Gasteiger partial charge in [0.15, 0.2) is 0 Å². The lowest BCUT2D eigenvalue weighted by atomic mass is 10.1. The molecule has 2 aromatic heterocycles. The molecule has 0 saturated carbocycles. The Morgan fingerprint density at radius 2 is 2.16 bits per heavy atom. The van der Waals surface area contributed by atoms with E-state index in [1.807, 2.05) is 24.1 Å². The van der Waals surface area contributed by atoms with Crippen LogP contribution in [-0.4, -0.2) is 25.9 Å². The molecule has 1 unspecified atom stereocenters. The van der Waals surface area contributed by atoms with Gasteiger partial charge in [0.05, 0.1) is 11.7 Å². The van der Waals surface area contributed by atoms with Crippen molar-refractivity contribution >= 4 is 0 Å². The van der Waals surface area contributed by atoms with Gasteiger partial charge in [0, 0.05) is 38.6 Å². The Hall–Kier alpha value is -1.62. The first-order valence-electron chi connectivity index (χ1n) is 6.97. The number of likely N-dealkylation sites (N-methyl/N-ethyl adjacent to an activating group) is 1. The lowest BCUT2D eigenvalue weighted by molar-refractivity contribution is 0.485. The number of imidazole rings is 1. The summed E-state index contributed by atoms with van der Waals surface area (Å²) < 4.78 is 4.17. The standard InChI is InChI=1S/C14H23N5/c1-4-9-19-10-8-16-14(19)11-12(15-5-2)13-6-7-17-18(13)3/h6-8,10,12,15H,4-5,9,11H2,1-3H3. The van der Waals surface area contributed by atoms with E-state index < -0.39 is 0 Å². The summed E-state index contributed by atoms with van der Waals surface area (Å²) in [6, 6.07) is 2.33. The molecule has 2 heterocycles. The quantitative estimate of drug-likeness (QED) is 0.828. The van der Waals surface area contributed by atoms with E-state index in [4.69, 9.17) is 0 Å². The molecule has 0 saturated heterocycles. The third-order valence-corrected chi connectivity index (χ3v) is 3.32. The van der Waals surface area contributed by atoms with Crippen molar-refractivity contribution in [2.45, 2.75) is 39.3 Å². The van der Waals surface area contributed by atoms with Crippen molar-refractivity contribution in [2.24, 2.45) is 7.05 Å². The summed E-state index contributed by atoms with van der Waals surface area (Å²) in [4.78, 5) is 4.49. The summed E-state index contributed by atoms with van der Waals surface area (Å²) in [6.45, 7) is 6.28. The second-order valence-electron chi connectivity index (χ2n) is 4.73. The Kier molecular flexibility index (Phi) is 4.74. The number of aromatic nitrogens is 4. The minimum Gasteiger partial charge on any atom is -0.335 e. The average molecular weight is 261 g/mol. The molecule has 2 aromatic rings. The summed E-state index contributed by atoms with van der Waals surface area (Å²) >= 11 is 0. The highest BCUT2D eigenvalue weighted by Gasteiger charge is 2.17. The summed E-state index contributed by atoms with van der Waals surface area (Å²) in [5.74, 6) is 1.13. The molecule has 0 aromatic carbocycles. The van der Waals surface area contributed by atoms with Crippen LogP contribution in [0.2, 0.25) is 0 Å². The molecule has 0 aliphatic carbocycles. The minimum absolute atomic E-state index is 0.260. The number of aryl methyl sites for hydroxylation is 2. The zero-order valence-corrected chi connectivity index (χ0v) is 12.0. The fourth-order valence-corrected chi connectivity index (χ4v) is 2.41. The molecular weight excluding hydrogens is 238 g/mol. The predicted octanol–water partition coefficient (Wildman–Crippen LogP) is 1.92. The number of hydrogen-bond donors (Lipinski definition) is 1. The molecule has 0 radical (unpaired) electrons. The average Bonchev–Trinajstić information content (AvgIpc) is 2.99. The minimum atomic E-state index is 0.260. The van der Waals surface area contributed by atoms with Gasteiger partial charge in [-0.2, -0.15) is 5.10 Å². The van der Waals surface area contributed by atoms with Crippen LogP contribution in [0.3, 0.4) is 0 Å². The van der Waals surface area contributed by atoms with Gasteiger partial charge in [-0.25, -0.2) is 4.98 Å². The third kappa shape index (κ3) is 3.23. The van der Waals surface area contributed by atoms with Gasteiger partial charge < -0.3 is 9.88 Å². The predicted molar refractivity (Wildman–Crippen MR) is 75.8 cm³/mol. The normalized spacial score (nSPS) is 12.8. The second kappa shape index (κ2) is 6.52. The van der Waals surface area contributed by atoms with Crippen LogP contribution in [0.25, 0.3) is 0 Å². The zero-order chi connectivity index (χ0) is 13.7. The van der Waals surface area contributed by atoms with Crippen molar-refractivity contribution in [2.75, 3.05) is 6.54 Å². The molecule has 5 heteroatoms. The van der Waals surface area contributed by atoms with E-state index in [1.165, 1.54) is 5.69 Å². The Labute approximate surface area is 114 Å². The first-order valence-corrected chi connectivity index (χ1v) is 6.97. The molecule has 1 atom stereocenters. The molecule has 0 fully saturated rings. The Balaban J connectivity index is 2.17. The highest BCUT2D eigenvalue weighted by molar-refractivity contribution is 5.10. The second-order valence-corrected chi connectivity index (χ2v) is 4.73.